The molecule has 0 bridgehead atoms. The minimum absolute atomic E-state index is 0.0267. The van der Waals surface area contributed by atoms with Crippen molar-refractivity contribution in [3.63, 3.8) is 0 Å². The van der Waals surface area contributed by atoms with E-state index in [1.54, 1.807) is 29.4 Å². The first-order valence-electron chi connectivity index (χ1n) is 14.0. The number of Topliss-reactive ketones (excluding diaryl/α,β-unsaturated/α-hetero) is 1. The highest BCUT2D eigenvalue weighted by molar-refractivity contribution is 6.11. The summed E-state index contributed by atoms with van der Waals surface area (Å²) in [5.41, 5.74) is 1.40. The highest BCUT2D eigenvalue weighted by Crippen LogP contribution is 2.32. The van der Waals surface area contributed by atoms with Crippen molar-refractivity contribution in [1.82, 2.24) is 20.3 Å². The molecule has 9 nitrogen and oxygen atoms in total. The average molecular weight is 554 g/mol. The van der Waals surface area contributed by atoms with Gasteiger partial charge in [-0.2, -0.15) is 4.98 Å². The van der Waals surface area contributed by atoms with Gasteiger partial charge in [-0.05, 0) is 67.6 Å². The Morgan fingerprint density at radius 1 is 1.10 bits per heavy atom. The number of halogens is 1. The molecule has 0 unspecified atom stereocenters. The number of aryl methyl sites for hydroxylation is 1. The molecule has 2 aliphatic heterocycles. The maximum absolute atomic E-state index is 15.6. The highest BCUT2D eigenvalue weighted by atomic mass is 19.1. The van der Waals surface area contributed by atoms with Crippen molar-refractivity contribution in [2.24, 2.45) is 0 Å². The molecule has 210 valence electrons. The van der Waals surface area contributed by atoms with Crippen molar-refractivity contribution in [3.8, 4) is 0 Å². The molecule has 4 aromatic rings. The van der Waals surface area contributed by atoms with Gasteiger partial charge in [0, 0.05) is 55.9 Å². The Labute approximate surface area is 237 Å². The first kappa shape index (κ1) is 26.8. The molecule has 4 heterocycles. The van der Waals surface area contributed by atoms with Crippen molar-refractivity contribution in [2.75, 3.05) is 41.3 Å². The number of nitrogens with one attached hydrogen (secondary N) is 2. The largest absolute Gasteiger partial charge is 0.356 e. The van der Waals surface area contributed by atoms with Crippen LogP contribution in [0, 0.1) is 12.7 Å². The minimum atomic E-state index is -0.642. The zero-order valence-corrected chi connectivity index (χ0v) is 22.9. The lowest BCUT2D eigenvalue weighted by atomic mass is 10.0. The Morgan fingerprint density at radius 2 is 1.93 bits per heavy atom. The molecule has 2 fully saturated rings. The predicted molar refractivity (Wildman–Crippen MR) is 157 cm³/mol. The zero-order valence-electron chi connectivity index (χ0n) is 22.9. The van der Waals surface area contributed by atoms with Gasteiger partial charge in [-0.15, -0.1) is 0 Å². The maximum Gasteiger partial charge on any atom is 0.262 e. The number of carbonyl (C=O) groups is 2. The molecule has 2 aliphatic rings. The molecular weight excluding hydrogens is 521 g/mol. The van der Waals surface area contributed by atoms with E-state index >= 15 is 4.39 Å². The van der Waals surface area contributed by atoms with E-state index in [-0.39, 0.29) is 17.4 Å². The van der Waals surface area contributed by atoms with E-state index in [4.69, 9.17) is 0 Å². The zero-order chi connectivity index (χ0) is 28.3. The fourth-order valence-corrected chi connectivity index (χ4v) is 5.65. The van der Waals surface area contributed by atoms with E-state index in [9.17, 15) is 9.59 Å². The molecule has 0 radical (unpaired) electrons. The molecule has 2 aromatic carbocycles. The second-order valence-electron chi connectivity index (χ2n) is 10.6. The van der Waals surface area contributed by atoms with E-state index in [2.05, 4.69) is 25.6 Å². The molecule has 41 heavy (non-hydrogen) atoms. The van der Waals surface area contributed by atoms with Crippen molar-refractivity contribution in [1.29, 1.82) is 0 Å². The van der Waals surface area contributed by atoms with Crippen LogP contribution in [0.1, 0.15) is 41.6 Å². The second-order valence-corrected chi connectivity index (χ2v) is 10.6. The van der Waals surface area contributed by atoms with Crippen LogP contribution >= 0.6 is 0 Å². The van der Waals surface area contributed by atoms with E-state index < -0.39 is 11.7 Å². The summed E-state index contributed by atoms with van der Waals surface area (Å²) < 4.78 is 15.6. The van der Waals surface area contributed by atoms with Gasteiger partial charge in [0.15, 0.2) is 0 Å². The lowest BCUT2D eigenvalue weighted by Gasteiger charge is -2.35. The number of benzene rings is 2. The first-order chi connectivity index (χ1) is 20.0. The Hall–Kier alpha value is -4.44. The van der Waals surface area contributed by atoms with Crippen LogP contribution in [0.4, 0.5) is 27.7 Å². The van der Waals surface area contributed by atoms with Gasteiger partial charge < -0.3 is 15.5 Å². The number of nitrogens with zero attached hydrogens (tertiary/aromatic N) is 5. The van der Waals surface area contributed by atoms with Gasteiger partial charge in [0.25, 0.3) is 5.91 Å². The Bertz CT molecular complexity index is 1590. The lowest BCUT2D eigenvalue weighted by molar-refractivity contribution is -0.119. The van der Waals surface area contributed by atoms with Gasteiger partial charge in [-0.3, -0.25) is 14.5 Å². The Kier molecular flexibility index (Phi) is 7.56. The molecule has 2 aromatic heterocycles. The van der Waals surface area contributed by atoms with Crippen LogP contribution in [0.2, 0.25) is 0 Å². The summed E-state index contributed by atoms with van der Waals surface area (Å²) in [6.07, 6.45) is 6.03. The number of hydrogen-bond acceptors (Lipinski definition) is 8. The summed E-state index contributed by atoms with van der Waals surface area (Å²) >= 11 is 0. The SMILES string of the molecule is Cc1cccc2ccnc(N(C(=O)c3ccc(Nc4nccc(N5CCC(=O)CC5)n4)cc3F)[C@@H]3CCCNC3)c12. The number of piperidine rings is 2. The molecule has 2 saturated heterocycles. The standard InChI is InChI=1S/C31H32FN7O2/c1-20-4-2-5-21-9-14-34-29(28(20)21)39(23-6-3-13-33-19-23)30(41)25-8-7-22(18-26(25)32)36-31-35-15-10-27(37-31)38-16-11-24(40)12-17-38/h2,4-5,7-10,14-15,18,23,33H,3,6,11-13,16-17,19H2,1H3,(H,35,36,37)/t23-/m1/s1. The van der Waals surface area contributed by atoms with E-state index in [0.717, 1.165) is 35.7 Å². The number of amides is 1. The fourth-order valence-electron chi connectivity index (χ4n) is 5.65. The summed E-state index contributed by atoms with van der Waals surface area (Å²) in [6.45, 7) is 4.71. The van der Waals surface area contributed by atoms with Gasteiger partial charge >= 0.3 is 0 Å². The first-order valence-corrected chi connectivity index (χ1v) is 14.0. The van der Waals surface area contributed by atoms with Crippen molar-refractivity contribution < 1.29 is 14.0 Å². The van der Waals surface area contributed by atoms with Crippen molar-refractivity contribution in [3.05, 3.63) is 77.9 Å². The molecular formula is C31H32FN7O2. The fraction of sp³-hybridized carbons (Fsp3) is 0.323. The van der Waals surface area contributed by atoms with Gasteiger partial charge in [-0.25, -0.2) is 14.4 Å². The summed E-state index contributed by atoms with van der Waals surface area (Å²) in [5, 5.41) is 8.30. The molecule has 0 aliphatic carbocycles. The van der Waals surface area contributed by atoms with Crippen LogP contribution < -0.4 is 20.4 Å². The van der Waals surface area contributed by atoms with Crippen molar-refractivity contribution >= 4 is 45.7 Å². The lowest BCUT2D eigenvalue weighted by Crippen LogP contribution is -2.49. The number of ketones is 1. The van der Waals surface area contributed by atoms with Crippen LogP contribution in [0.15, 0.2) is 60.9 Å². The molecule has 0 saturated carbocycles. The number of carbonyl (C=O) groups excluding carboxylic acids is 2. The number of fused-ring (bicyclic) bond motifs is 1. The quantitative estimate of drug-likeness (QED) is 0.352. The summed E-state index contributed by atoms with van der Waals surface area (Å²) in [6, 6.07) is 14.0. The summed E-state index contributed by atoms with van der Waals surface area (Å²) in [5.74, 6) is 0.745. The number of anilines is 4. The average Bonchev–Trinajstić information content (AvgIpc) is 2.98. The van der Waals surface area contributed by atoms with Crippen LogP contribution in [0.25, 0.3) is 10.8 Å². The van der Waals surface area contributed by atoms with E-state index in [0.29, 0.717) is 55.7 Å². The van der Waals surface area contributed by atoms with Gasteiger partial charge in [-0.1, -0.05) is 18.2 Å². The number of hydrogen-bond donors (Lipinski definition) is 2. The Morgan fingerprint density at radius 3 is 2.71 bits per heavy atom. The van der Waals surface area contributed by atoms with Crippen LogP contribution in [0.3, 0.4) is 0 Å². The number of aromatic nitrogens is 3. The Balaban J connectivity index is 1.29. The van der Waals surface area contributed by atoms with Gasteiger partial charge in [0.1, 0.15) is 23.2 Å². The molecule has 1 amide bonds. The third-order valence-electron chi connectivity index (χ3n) is 7.80. The van der Waals surface area contributed by atoms with Crippen LogP contribution in [0.5, 0.6) is 0 Å². The number of rotatable bonds is 6. The second kappa shape index (κ2) is 11.6. The maximum atomic E-state index is 15.6. The van der Waals surface area contributed by atoms with E-state index in [1.165, 1.54) is 12.1 Å². The highest BCUT2D eigenvalue weighted by Gasteiger charge is 2.31. The third kappa shape index (κ3) is 5.60. The summed E-state index contributed by atoms with van der Waals surface area (Å²) in [4.78, 5) is 42.8. The normalized spacial score (nSPS) is 17.5. The molecule has 10 heteroatoms. The molecule has 1 atom stereocenters. The predicted octanol–water partition coefficient (Wildman–Crippen LogP) is 4.78. The molecule has 2 N–H and O–H groups in total. The summed E-state index contributed by atoms with van der Waals surface area (Å²) in [7, 11) is 0. The van der Waals surface area contributed by atoms with Gasteiger partial charge in [0.05, 0.1) is 11.6 Å². The van der Waals surface area contributed by atoms with Gasteiger partial charge in [0.2, 0.25) is 5.95 Å². The molecule has 6 rings (SSSR count). The van der Waals surface area contributed by atoms with Crippen LogP contribution in [-0.4, -0.2) is 58.9 Å². The topological polar surface area (TPSA) is 103 Å². The minimum Gasteiger partial charge on any atom is -0.356 e. The molecule has 0 spiro atoms. The van der Waals surface area contributed by atoms with Crippen LogP contribution in [-0.2, 0) is 4.79 Å². The third-order valence-corrected chi connectivity index (χ3v) is 7.80. The smallest absolute Gasteiger partial charge is 0.262 e. The van der Waals surface area contributed by atoms with Crippen molar-refractivity contribution in [2.45, 2.75) is 38.6 Å². The van der Waals surface area contributed by atoms with E-state index in [1.807, 2.05) is 36.1 Å². The monoisotopic (exact) mass is 553 g/mol. The number of pyridine rings is 1.